The van der Waals surface area contributed by atoms with Gasteiger partial charge in [-0.2, -0.15) is 0 Å². The summed E-state index contributed by atoms with van der Waals surface area (Å²) in [6.07, 6.45) is -1.23. The molecule has 7 nitrogen and oxygen atoms in total. The second kappa shape index (κ2) is 8.40. The number of carboxylic acids is 1. The molecule has 0 aliphatic rings. The largest absolute Gasteiger partial charge is 0.479 e. The van der Waals surface area contributed by atoms with Gasteiger partial charge in [-0.15, -0.1) is 0 Å². The summed E-state index contributed by atoms with van der Waals surface area (Å²) in [6.45, 7) is 1.20. The number of aliphatic carboxylic acids is 1. The SMILES string of the molecule is CC(O)C(=O)O.O=C(c1ccccc1)c1ccc([N+](=O)[O-])cc1. The van der Waals surface area contributed by atoms with Crippen LogP contribution in [0.5, 0.6) is 0 Å². The van der Waals surface area contributed by atoms with Crippen LogP contribution in [0.4, 0.5) is 5.69 Å². The Balaban J connectivity index is 0.000000379. The summed E-state index contributed by atoms with van der Waals surface area (Å²) in [4.78, 5) is 31.4. The Bertz CT molecular complexity index is 679. The van der Waals surface area contributed by atoms with Crippen molar-refractivity contribution in [2.75, 3.05) is 0 Å². The van der Waals surface area contributed by atoms with Crippen molar-refractivity contribution in [3.05, 3.63) is 75.8 Å². The molecule has 0 aliphatic carbocycles. The molecule has 2 aromatic carbocycles. The number of nitrogens with zero attached hydrogens (tertiary/aromatic N) is 1. The molecule has 0 amide bonds. The van der Waals surface area contributed by atoms with Gasteiger partial charge in [-0.05, 0) is 19.1 Å². The molecule has 0 fully saturated rings. The molecule has 1 unspecified atom stereocenters. The molecule has 0 aliphatic heterocycles. The molecule has 0 saturated heterocycles. The van der Waals surface area contributed by atoms with Crippen molar-refractivity contribution in [1.29, 1.82) is 0 Å². The van der Waals surface area contributed by atoms with E-state index in [0.717, 1.165) is 0 Å². The van der Waals surface area contributed by atoms with E-state index in [1.165, 1.54) is 31.2 Å². The van der Waals surface area contributed by atoms with Gasteiger partial charge in [-0.3, -0.25) is 14.9 Å². The summed E-state index contributed by atoms with van der Waals surface area (Å²) in [5.74, 6) is -1.32. The Labute approximate surface area is 132 Å². The number of ketones is 1. The van der Waals surface area contributed by atoms with Crippen LogP contribution in [0.1, 0.15) is 22.8 Å². The zero-order valence-electron chi connectivity index (χ0n) is 12.2. The van der Waals surface area contributed by atoms with E-state index in [2.05, 4.69) is 0 Å². The second-order valence-electron chi connectivity index (χ2n) is 4.51. The molecule has 23 heavy (non-hydrogen) atoms. The van der Waals surface area contributed by atoms with E-state index in [1.54, 1.807) is 24.3 Å². The molecular weight excluding hydrogens is 302 g/mol. The van der Waals surface area contributed by atoms with Crippen LogP contribution in [0.2, 0.25) is 0 Å². The number of nitro groups is 1. The van der Waals surface area contributed by atoms with Crippen LogP contribution >= 0.6 is 0 Å². The Hall–Kier alpha value is -3.06. The Morgan fingerprint density at radius 3 is 1.83 bits per heavy atom. The monoisotopic (exact) mass is 317 g/mol. The molecule has 2 rings (SSSR count). The highest BCUT2D eigenvalue weighted by Gasteiger charge is 2.10. The maximum absolute atomic E-state index is 12.0. The number of aliphatic hydroxyl groups excluding tert-OH is 1. The summed E-state index contributed by atoms with van der Waals surface area (Å²) in [7, 11) is 0. The van der Waals surface area contributed by atoms with Crippen molar-refractivity contribution in [1.82, 2.24) is 0 Å². The minimum Gasteiger partial charge on any atom is -0.479 e. The first-order chi connectivity index (χ1) is 10.8. The minimum atomic E-state index is -1.23. The zero-order valence-corrected chi connectivity index (χ0v) is 12.2. The van der Waals surface area contributed by atoms with Crippen molar-refractivity contribution in [2.45, 2.75) is 13.0 Å². The van der Waals surface area contributed by atoms with Crippen molar-refractivity contribution in [3.63, 3.8) is 0 Å². The number of carbonyl (C=O) groups excluding carboxylic acids is 1. The van der Waals surface area contributed by atoms with Gasteiger partial charge in [0.1, 0.15) is 6.10 Å². The molecule has 0 spiro atoms. The highest BCUT2D eigenvalue weighted by molar-refractivity contribution is 6.09. The molecule has 0 radical (unpaired) electrons. The Kier molecular flexibility index (Phi) is 6.57. The van der Waals surface area contributed by atoms with Gasteiger partial charge in [0.15, 0.2) is 5.78 Å². The number of hydrogen-bond donors (Lipinski definition) is 2. The van der Waals surface area contributed by atoms with E-state index in [9.17, 15) is 19.7 Å². The molecule has 0 bridgehead atoms. The predicted molar refractivity (Wildman–Crippen MR) is 82.3 cm³/mol. The summed E-state index contributed by atoms with van der Waals surface area (Å²) in [5, 5.41) is 26.2. The first kappa shape index (κ1) is 18.0. The van der Waals surface area contributed by atoms with Gasteiger partial charge in [0.05, 0.1) is 4.92 Å². The fourth-order valence-corrected chi connectivity index (χ4v) is 1.49. The molecule has 120 valence electrons. The van der Waals surface area contributed by atoms with Crippen LogP contribution in [0.15, 0.2) is 54.6 Å². The van der Waals surface area contributed by atoms with Gasteiger partial charge in [-0.1, -0.05) is 30.3 Å². The molecular formula is C16H15NO6. The number of benzene rings is 2. The zero-order chi connectivity index (χ0) is 17.4. The summed E-state index contributed by atoms with van der Waals surface area (Å²) >= 11 is 0. The first-order valence-corrected chi connectivity index (χ1v) is 6.58. The number of carbonyl (C=O) groups is 2. The molecule has 2 aromatic rings. The van der Waals surface area contributed by atoms with Crippen molar-refractivity contribution in [2.24, 2.45) is 0 Å². The number of nitro benzene ring substituents is 1. The van der Waals surface area contributed by atoms with Gasteiger partial charge in [0.25, 0.3) is 5.69 Å². The third-order valence-electron chi connectivity index (χ3n) is 2.73. The van der Waals surface area contributed by atoms with E-state index >= 15 is 0 Å². The van der Waals surface area contributed by atoms with Gasteiger partial charge in [0, 0.05) is 23.3 Å². The first-order valence-electron chi connectivity index (χ1n) is 6.58. The van der Waals surface area contributed by atoms with Crippen LogP contribution in [0, 0.1) is 10.1 Å². The second-order valence-corrected chi connectivity index (χ2v) is 4.51. The smallest absolute Gasteiger partial charge is 0.332 e. The molecule has 1 atom stereocenters. The van der Waals surface area contributed by atoms with E-state index in [1.807, 2.05) is 6.07 Å². The summed E-state index contributed by atoms with van der Waals surface area (Å²) in [6, 6.07) is 14.4. The van der Waals surface area contributed by atoms with E-state index in [4.69, 9.17) is 10.2 Å². The van der Waals surface area contributed by atoms with Crippen LogP contribution in [-0.4, -0.2) is 33.0 Å². The van der Waals surface area contributed by atoms with E-state index in [-0.39, 0.29) is 11.5 Å². The standard InChI is InChI=1S/C13H9NO3.C3H6O3/c15-13(10-4-2-1-3-5-10)11-6-8-12(9-7-11)14(16)17;1-2(4)3(5)6/h1-9H;2,4H,1H3,(H,5,6). The maximum Gasteiger partial charge on any atom is 0.332 e. The molecule has 0 heterocycles. The van der Waals surface area contributed by atoms with Gasteiger partial charge in [0.2, 0.25) is 0 Å². The van der Waals surface area contributed by atoms with Gasteiger partial charge >= 0.3 is 5.97 Å². The summed E-state index contributed by atoms with van der Waals surface area (Å²) in [5.41, 5.74) is 0.998. The van der Waals surface area contributed by atoms with Crippen LogP contribution in [-0.2, 0) is 4.79 Å². The molecule has 7 heteroatoms. The average Bonchev–Trinajstić information content (AvgIpc) is 2.55. The lowest BCUT2D eigenvalue weighted by molar-refractivity contribution is -0.384. The number of hydrogen-bond acceptors (Lipinski definition) is 5. The molecule has 0 saturated carbocycles. The van der Waals surface area contributed by atoms with Crippen molar-refractivity contribution in [3.8, 4) is 0 Å². The number of non-ortho nitro benzene ring substituents is 1. The fraction of sp³-hybridized carbons (Fsp3) is 0.125. The molecule has 0 aromatic heterocycles. The fourth-order valence-electron chi connectivity index (χ4n) is 1.49. The third-order valence-corrected chi connectivity index (χ3v) is 2.73. The summed E-state index contributed by atoms with van der Waals surface area (Å²) < 4.78 is 0. The highest BCUT2D eigenvalue weighted by Crippen LogP contribution is 2.15. The average molecular weight is 317 g/mol. The van der Waals surface area contributed by atoms with Crippen LogP contribution in [0.3, 0.4) is 0 Å². The van der Waals surface area contributed by atoms with E-state index < -0.39 is 17.0 Å². The van der Waals surface area contributed by atoms with Crippen LogP contribution < -0.4 is 0 Å². The lowest BCUT2D eigenvalue weighted by Crippen LogP contribution is -2.13. The minimum absolute atomic E-state index is 0.0189. The van der Waals surface area contributed by atoms with Crippen molar-refractivity contribution >= 4 is 17.4 Å². The molecule has 2 N–H and O–H groups in total. The number of aliphatic hydroxyl groups is 1. The number of rotatable bonds is 4. The third kappa shape index (κ3) is 5.68. The van der Waals surface area contributed by atoms with Crippen molar-refractivity contribution < 1.29 is 24.7 Å². The van der Waals surface area contributed by atoms with Gasteiger partial charge < -0.3 is 10.2 Å². The predicted octanol–water partition coefficient (Wildman–Crippen LogP) is 2.28. The number of carboxylic acid groups (broad SMARTS) is 1. The topological polar surface area (TPSA) is 118 Å². The van der Waals surface area contributed by atoms with E-state index in [0.29, 0.717) is 11.1 Å². The van der Waals surface area contributed by atoms with Crippen LogP contribution in [0.25, 0.3) is 0 Å². The maximum atomic E-state index is 12.0. The Morgan fingerprint density at radius 2 is 1.43 bits per heavy atom. The normalized spacial score (nSPS) is 10.9. The quantitative estimate of drug-likeness (QED) is 0.507. The highest BCUT2D eigenvalue weighted by atomic mass is 16.6. The van der Waals surface area contributed by atoms with Gasteiger partial charge in [-0.25, -0.2) is 4.79 Å². The Morgan fingerprint density at radius 1 is 1.00 bits per heavy atom. The lowest BCUT2D eigenvalue weighted by Gasteiger charge is -2.00. The lowest BCUT2D eigenvalue weighted by atomic mass is 10.0.